The van der Waals surface area contributed by atoms with Gasteiger partial charge in [-0.25, -0.2) is 9.97 Å². The minimum atomic E-state index is 0.152. The molecule has 3 rings (SSSR count). The van der Waals surface area contributed by atoms with Crippen LogP contribution < -0.4 is 10.2 Å². The number of hydrogen-bond acceptors (Lipinski definition) is 5. The van der Waals surface area contributed by atoms with E-state index in [0.29, 0.717) is 11.6 Å². The molecule has 2 N–H and O–H groups in total. The first kappa shape index (κ1) is 16.5. The van der Waals surface area contributed by atoms with Crippen LogP contribution in [0.1, 0.15) is 18.4 Å². The van der Waals surface area contributed by atoms with Crippen LogP contribution in [0.25, 0.3) is 0 Å². The first-order valence-corrected chi connectivity index (χ1v) is 8.72. The van der Waals surface area contributed by atoms with E-state index >= 15 is 0 Å². The summed E-state index contributed by atoms with van der Waals surface area (Å²) in [4.78, 5) is 10.7. The van der Waals surface area contributed by atoms with Crippen LogP contribution >= 0.6 is 27.5 Å². The van der Waals surface area contributed by atoms with Gasteiger partial charge in [0.1, 0.15) is 18.0 Å². The molecule has 1 saturated heterocycles. The third-order valence-electron chi connectivity index (χ3n) is 4.01. The fourth-order valence-corrected chi connectivity index (χ4v) is 3.52. The highest BCUT2D eigenvalue weighted by molar-refractivity contribution is 9.10. The van der Waals surface area contributed by atoms with Gasteiger partial charge in [-0.15, -0.1) is 0 Å². The molecule has 0 amide bonds. The maximum atomic E-state index is 9.45. The molecule has 0 saturated carbocycles. The Labute approximate surface area is 148 Å². The number of anilines is 2. The number of nitrogens with zero attached hydrogens (tertiary/aromatic N) is 3. The van der Waals surface area contributed by atoms with Gasteiger partial charge in [-0.1, -0.05) is 33.6 Å². The van der Waals surface area contributed by atoms with Crippen LogP contribution in [0.5, 0.6) is 0 Å². The molecular weight excluding hydrogens is 380 g/mol. The van der Waals surface area contributed by atoms with Gasteiger partial charge in [-0.2, -0.15) is 0 Å². The lowest BCUT2D eigenvalue weighted by molar-refractivity contribution is 0.266. The Morgan fingerprint density at radius 2 is 2.22 bits per heavy atom. The first-order chi connectivity index (χ1) is 11.2. The molecule has 0 bridgehead atoms. The second-order valence-corrected chi connectivity index (χ2v) is 6.85. The molecule has 1 aromatic heterocycles. The minimum absolute atomic E-state index is 0.152. The van der Waals surface area contributed by atoms with Gasteiger partial charge in [0.15, 0.2) is 0 Å². The van der Waals surface area contributed by atoms with Crippen molar-refractivity contribution in [1.82, 2.24) is 9.97 Å². The molecule has 1 aliphatic rings. The molecule has 1 unspecified atom stereocenters. The number of nitrogens with one attached hydrogen (secondary N) is 1. The Balaban J connectivity index is 1.70. The first-order valence-electron chi connectivity index (χ1n) is 7.54. The normalized spacial score (nSPS) is 17.5. The number of rotatable bonds is 5. The van der Waals surface area contributed by atoms with Crippen molar-refractivity contribution >= 4 is 39.2 Å². The second-order valence-electron chi connectivity index (χ2n) is 5.52. The molecule has 0 aliphatic carbocycles. The summed E-state index contributed by atoms with van der Waals surface area (Å²) in [5.41, 5.74) is 1.00. The van der Waals surface area contributed by atoms with Crippen molar-refractivity contribution in [1.29, 1.82) is 0 Å². The Bertz CT molecular complexity index is 685. The van der Waals surface area contributed by atoms with Crippen molar-refractivity contribution < 1.29 is 5.11 Å². The largest absolute Gasteiger partial charge is 0.394 e. The lowest BCUT2D eigenvalue weighted by atomic mass is 10.2. The monoisotopic (exact) mass is 396 g/mol. The van der Waals surface area contributed by atoms with Crippen LogP contribution in [0.15, 0.2) is 35.1 Å². The van der Waals surface area contributed by atoms with E-state index in [1.54, 1.807) is 6.33 Å². The SMILES string of the molecule is OCC1CCCN1c1cc(NCc2ccc(Br)cc2Cl)ncn1. The van der Waals surface area contributed by atoms with Crippen LogP contribution in [0, 0.1) is 0 Å². The van der Waals surface area contributed by atoms with Crippen molar-refractivity contribution in [2.75, 3.05) is 23.4 Å². The number of aliphatic hydroxyl groups is 1. The van der Waals surface area contributed by atoms with E-state index in [9.17, 15) is 5.11 Å². The van der Waals surface area contributed by atoms with Gasteiger partial charge < -0.3 is 15.3 Å². The summed E-state index contributed by atoms with van der Waals surface area (Å²) >= 11 is 9.63. The van der Waals surface area contributed by atoms with Crippen molar-refractivity contribution in [3.8, 4) is 0 Å². The van der Waals surface area contributed by atoms with E-state index < -0.39 is 0 Å². The highest BCUT2D eigenvalue weighted by atomic mass is 79.9. The molecular formula is C16H18BrClN4O. The number of benzene rings is 1. The molecule has 1 fully saturated rings. The number of aromatic nitrogens is 2. The van der Waals surface area contributed by atoms with Gasteiger partial charge in [0.05, 0.1) is 12.6 Å². The maximum Gasteiger partial charge on any atom is 0.134 e. The summed E-state index contributed by atoms with van der Waals surface area (Å²) in [6.07, 6.45) is 3.62. The predicted molar refractivity (Wildman–Crippen MR) is 96.0 cm³/mol. The van der Waals surface area contributed by atoms with Crippen LogP contribution in [-0.4, -0.2) is 34.3 Å². The molecule has 122 valence electrons. The molecule has 1 aromatic carbocycles. The average molecular weight is 398 g/mol. The summed E-state index contributed by atoms with van der Waals surface area (Å²) in [5.74, 6) is 1.60. The van der Waals surface area contributed by atoms with E-state index in [1.807, 2.05) is 24.3 Å². The summed E-state index contributed by atoms with van der Waals surface area (Å²) < 4.78 is 0.958. The molecule has 1 aliphatic heterocycles. The quantitative estimate of drug-likeness (QED) is 0.809. The topological polar surface area (TPSA) is 61.3 Å². The lowest BCUT2D eigenvalue weighted by Crippen LogP contribution is -2.32. The number of hydrogen-bond donors (Lipinski definition) is 2. The molecule has 2 heterocycles. The molecule has 0 spiro atoms. The molecule has 0 radical (unpaired) electrons. The van der Waals surface area contributed by atoms with Crippen LogP contribution in [0.3, 0.4) is 0 Å². The van der Waals surface area contributed by atoms with Gasteiger partial charge in [0.25, 0.3) is 0 Å². The number of aliphatic hydroxyl groups excluding tert-OH is 1. The van der Waals surface area contributed by atoms with E-state index in [4.69, 9.17) is 11.6 Å². The Morgan fingerprint density at radius 1 is 1.35 bits per heavy atom. The molecule has 1 atom stereocenters. The van der Waals surface area contributed by atoms with E-state index in [-0.39, 0.29) is 12.6 Å². The Kier molecular flexibility index (Phi) is 5.35. The zero-order chi connectivity index (χ0) is 16.2. The van der Waals surface area contributed by atoms with Crippen LogP contribution in [0.2, 0.25) is 5.02 Å². The highest BCUT2D eigenvalue weighted by Gasteiger charge is 2.25. The zero-order valence-electron chi connectivity index (χ0n) is 12.5. The van der Waals surface area contributed by atoms with Crippen molar-refractivity contribution in [3.63, 3.8) is 0 Å². The van der Waals surface area contributed by atoms with Crippen LogP contribution in [-0.2, 0) is 6.54 Å². The summed E-state index contributed by atoms with van der Waals surface area (Å²) in [7, 11) is 0. The van der Waals surface area contributed by atoms with E-state index in [2.05, 4.69) is 36.1 Å². The van der Waals surface area contributed by atoms with Crippen LogP contribution in [0.4, 0.5) is 11.6 Å². The van der Waals surface area contributed by atoms with Gasteiger partial charge in [0, 0.05) is 28.7 Å². The minimum Gasteiger partial charge on any atom is -0.394 e. The van der Waals surface area contributed by atoms with Gasteiger partial charge in [-0.3, -0.25) is 0 Å². The maximum absolute atomic E-state index is 9.45. The third-order valence-corrected chi connectivity index (χ3v) is 4.85. The molecule has 5 nitrogen and oxygen atoms in total. The highest BCUT2D eigenvalue weighted by Crippen LogP contribution is 2.25. The van der Waals surface area contributed by atoms with Gasteiger partial charge in [0.2, 0.25) is 0 Å². The summed E-state index contributed by atoms with van der Waals surface area (Å²) in [6, 6.07) is 7.88. The van der Waals surface area contributed by atoms with Crippen molar-refractivity contribution in [3.05, 3.63) is 45.7 Å². The van der Waals surface area contributed by atoms with Crippen molar-refractivity contribution in [2.45, 2.75) is 25.4 Å². The predicted octanol–water partition coefficient (Wildman–Crippen LogP) is 3.47. The fourth-order valence-electron chi connectivity index (χ4n) is 2.78. The molecule has 2 aromatic rings. The van der Waals surface area contributed by atoms with Crippen molar-refractivity contribution in [2.24, 2.45) is 0 Å². The van der Waals surface area contributed by atoms with E-state index in [1.165, 1.54) is 0 Å². The average Bonchev–Trinajstić information content (AvgIpc) is 3.03. The number of halogens is 2. The third kappa shape index (κ3) is 3.94. The summed E-state index contributed by atoms with van der Waals surface area (Å²) in [5, 5.41) is 13.4. The lowest BCUT2D eigenvalue weighted by Gasteiger charge is -2.24. The zero-order valence-corrected chi connectivity index (χ0v) is 14.9. The van der Waals surface area contributed by atoms with Gasteiger partial charge >= 0.3 is 0 Å². The summed E-state index contributed by atoms with van der Waals surface area (Å²) in [6.45, 7) is 1.66. The standard InChI is InChI=1S/C16H18BrClN4O/c17-12-4-3-11(14(18)6-12)8-19-15-7-16(21-10-20-15)22-5-1-2-13(22)9-23/h3-4,6-7,10,13,23H,1-2,5,8-9H2,(H,19,20,21). The Morgan fingerprint density at radius 3 is 3.00 bits per heavy atom. The second kappa shape index (κ2) is 7.47. The van der Waals surface area contributed by atoms with E-state index in [0.717, 1.165) is 41.1 Å². The fraction of sp³-hybridized carbons (Fsp3) is 0.375. The molecule has 7 heteroatoms. The van der Waals surface area contributed by atoms with Gasteiger partial charge in [-0.05, 0) is 30.5 Å². The molecule has 23 heavy (non-hydrogen) atoms. The smallest absolute Gasteiger partial charge is 0.134 e. The Hall–Kier alpha value is -1.37.